The molecular formula is C21H31FN2O2. The highest BCUT2D eigenvalue weighted by Crippen LogP contribution is 2.35. The van der Waals surface area contributed by atoms with Crippen LogP contribution in [0.3, 0.4) is 0 Å². The summed E-state index contributed by atoms with van der Waals surface area (Å²) in [4.78, 5) is 5.19. The molecule has 5 rings (SSSR count). The third-order valence-electron chi connectivity index (χ3n) is 6.57. The number of benzene rings is 1. The van der Waals surface area contributed by atoms with Gasteiger partial charge in [-0.2, -0.15) is 0 Å². The van der Waals surface area contributed by atoms with Crippen molar-refractivity contribution >= 4 is 0 Å². The number of fused-ring (bicyclic) bond motifs is 4. The van der Waals surface area contributed by atoms with E-state index < -0.39 is 0 Å². The van der Waals surface area contributed by atoms with Gasteiger partial charge in [0.25, 0.3) is 0 Å². The monoisotopic (exact) mass is 362 g/mol. The Hall–Kier alpha value is -1.33. The first kappa shape index (κ1) is 18.1. The minimum absolute atomic E-state index is 0.203. The summed E-state index contributed by atoms with van der Waals surface area (Å²) in [5, 5.41) is 0. The molecule has 3 saturated heterocycles. The minimum Gasteiger partial charge on any atom is -0.493 e. The van der Waals surface area contributed by atoms with Gasteiger partial charge in [0.2, 0.25) is 0 Å². The lowest BCUT2D eigenvalue weighted by atomic mass is 9.83. The second-order valence-electron chi connectivity index (χ2n) is 8.34. The van der Waals surface area contributed by atoms with E-state index in [2.05, 4.69) is 9.80 Å². The van der Waals surface area contributed by atoms with Gasteiger partial charge in [0.15, 0.2) is 11.5 Å². The molecule has 1 aromatic rings. The van der Waals surface area contributed by atoms with E-state index in [0.717, 1.165) is 24.9 Å². The van der Waals surface area contributed by atoms with Gasteiger partial charge in [0.05, 0.1) is 14.2 Å². The molecule has 144 valence electrons. The van der Waals surface area contributed by atoms with Crippen LogP contribution in [0, 0.1) is 17.7 Å². The van der Waals surface area contributed by atoms with Crippen molar-refractivity contribution < 1.29 is 13.9 Å². The molecule has 2 bridgehead atoms. The summed E-state index contributed by atoms with van der Waals surface area (Å²) in [7, 11) is 3.14. The van der Waals surface area contributed by atoms with Gasteiger partial charge in [-0.1, -0.05) is 6.42 Å². The third-order valence-corrected chi connectivity index (χ3v) is 6.57. The number of methoxy groups -OCH3 is 2. The molecule has 1 aromatic carbocycles. The Bertz CT molecular complexity index is 635. The van der Waals surface area contributed by atoms with Crippen LogP contribution in [0.25, 0.3) is 0 Å². The quantitative estimate of drug-likeness (QED) is 0.773. The number of nitrogens with zero attached hydrogens (tertiary/aromatic N) is 2. The molecule has 1 aliphatic carbocycles. The van der Waals surface area contributed by atoms with Gasteiger partial charge >= 0.3 is 0 Å². The van der Waals surface area contributed by atoms with Gasteiger partial charge < -0.3 is 9.47 Å². The van der Waals surface area contributed by atoms with Crippen LogP contribution in [0.15, 0.2) is 12.1 Å². The smallest absolute Gasteiger partial charge is 0.163 e. The highest BCUT2D eigenvalue weighted by molar-refractivity contribution is 5.43. The van der Waals surface area contributed by atoms with Crippen LogP contribution in [0.2, 0.25) is 0 Å². The fourth-order valence-electron chi connectivity index (χ4n) is 4.89. The normalized spacial score (nSPS) is 27.2. The van der Waals surface area contributed by atoms with Gasteiger partial charge in [-0.05, 0) is 43.6 Å². The molecule has 2 atom stereocenters. The number of hydrogen-bond donors (Lipinski definition) is 0. The Labute approximate surface area is 156 Å². The highest BCUT2D eigenvalue weighted by Gasteiger charge is 2.36. The van der Waals surface area contributed by atoms with Crippen LogP contribution in [0.5, 0.6) is 11.5 Å². The number of ether oxygens (including phenoxy) is 2. The van der Waals surface area contributed by atoms with Crippen molar-refractivity contribution in [1.29, 1.82) is 0 Å². The maximum atomic E-state index is 14.5. The first-order valence-corrected chi connectivity index (χ1v) is 10.0. The standard InChI is InChI=1S/C21H31FN2O2/c1-25-20-8-17(19(22)9-21(20)26-2)13-23-10-16-6-7-18(14-23)24(12-16)11-15-4-3-5-15/h8-9,15-16,18H,3-7,10-14H2,1-2H3/t16-,18+/m1/s1. The van der Waals surface area contributed by atoms with Crippen molar-refractivity contribution in [2.24, 2.45) is 11.8 Å². The van der Waals surface area contributed by atoms with E-state index in [1.165, 1.54) is 51.3 Å². The van der Waals surface area contributed by atoms with Crippen LogP contribution in [0.1, 0.15) is 37.7 Å². The average Bonchev–Trinajstić information content (AvgIpc) is 2.90. The lowest BCUT2D eigenvalue weighted by Gasteiger charge is -2.40. The molecule has 0 unspecified atom stereocenters. The van der Waals surface area contributed by atoms with Crippen LogP contribution in [0.4, 0.5) is 4.39 Å². The van der Waals surface area contributed by atoms with Crippen molar-refractivity contribution in [2.75, 3.05) is 40.4 Å². The molecule has 0 amide bonds. The molecule has 26 heavy (non-hydrogen) atoms. The van der Waals surface area contributed by atoms with E-state index in [1.54, 1.807) is 20.3 Å². The SMILES string of the molecule is COc1cc(F)c(CN2C[C@H]3CC[C@@H](C2)N(CC2CCC2)C3)cc1OC. The lowest BCUT2D eigenvalue weighted by molar-refractivity contribution is 0.0890. The van der Waals surface area contributed by atoms with E-state index in [0.29, 0.717) is 29.6 Å². The molecule has 3 aliphatic heterocycles. The lowest BCUT2D eigenvalue weighted by Crippen LogP contribution is -2.46. The maximum Gasteiger partial charge on any atom is 0.163 e. The molecule has 5 heteroatoms. The summed E-state index contributed by atoms with van der Waals surface area (Å²) in [6.45, 7) is 5.28. The number of halogens is 1. The van der Waals surface area contributed by atoms with Crippen molar-refractivity contribution in [2.45, 2.75) is 44.7 Å². The van der Waals surface area contributed by atoms with Gasteiger partial charge in [0.1, 0.15) is 5.82 Å². The predicted octanol–water partition coefficient (Wildman–Crippen LogP) is 3.54. The predicted molar refractivity (Wildman–Crippen MR) is 100 cm³/mol. The number of rotatable bonds is 6. The Morgan fingerprint density at radius 2 is 1.77 bits per heavy atom. The van der Waals surface area contributed by atoms with Crippen molar-refractivity contribution in [3.05, 3.63) is 23.5 Å². The van der Waals surface area contributed by atoms with Gasteiger partial charge in [-0.15, -0.1) is 0 Å². The highest BCUT2D eigenvalue weighted by atomic mass is 19.1. The Kier molecular flexibility index (Phi) is 5.37. The van der Waals surface area contributed by atoms with Crippen molar-refractivity contribution in [3.63, 3.8) is 0 Å². The Morgan fingerprint density at radius 3 is 2.46 bits per heavy atom. The molecule has 1 saturated carbocycles. The molecule has 0 aromatic heterocycles. The molecule has 4 fully saturated rings. The van der Waals surface area contributed by atoms with E-state index in [1.807, 2.05) is 0 Å². The average molecular weight is 362 g/mol. The van der Waals surface area contributed by atoms with Crippen molar-refractivity contribution in [1.82, 2.24) is 9.80 Å². The molecule has 0 N–H and O–H groups in total. The summed E-state index contributed by atoms with van der Waals surface area (Å²) in [6.07, 6.45) is 6.85. The molecule has 4 aliphatic rings. The van der Waals surface area contributed by atoms with E-state index in [-0.39, 0.29) is 5.82 Å². The van der Waals surface area contributed by atoms with Gasteiger partial charge in [0, 0.05) is 50.4 Å². The summed E-state index contributed by atoms with van der Waals surface area (Å²) in [5.74, 6) is 2.50. The number of piperidine rings is 1. The molecule has 0 spiro atoms. The fourth-order valence-corrected chi connectivity index (χ4v) is 4.89. The molecule has 4 nitrogen and oxygen atoms in total. The molecular weight excluding hydrogens is 331 g/mol. The maximum absolute atomic E-state index is 14.5. The molecule has 0 radical (unpaired) electrons. The topological polar surface area (TPSA) is 24.9 Å². The summed E-state index contributed by atoms with van der Waals surface area (Å²) < 4.78 is 25.1. The number of hydrogen-bond acceptors (Lipinski definition) is 4. The van der Waals surface area contributed by atoms with E-state index in [4.69, 9.17) is 9.47 Å². The molecule has 3 heterocycles. The van der Waals surface area contributed by atoms with Gasteiger partial charge in [-0.25, -0.2) is 4.39 Å². The third kappa shape index (κ3) is 3.70. The minimum atomic E-state index is -0.203. The largest absolute Gasteiger partial charge is 0.493 e. The van der Waals surface area contributed by atoms with E-state index in [9.17, 15) is 4.39 Å². The van der Waals surface area contributed by atoms with Crippen LogP contribution >= 0.6 is 0 Å². The zero-order valence-electron chi connectivity index (χ0n) is 16.0. The fraction of sp³-hybridized carbons (Fsp3) is 0.714. The van der Waals surface area contributed by atoms with E-state index >= 15 is 0 Å². The van der Waals surface area contributed by atoms with Crippen LogP contribution in [-0.4, -0.2) is 56.2 Å². The summed E-state index contributed by atoms with van der Waals surface area (Å²) in [5.41, 5.74) is 0.703. The first-order valence-electron chi connectivity index (χ1n) is 10.0. The Balaban J connectivity index is 1.45. The Morgan fingerprint density at radius 1 is 1.00 bits per heavy atom. The zero-order valence-corrected chi connectivity index (χ0v) is 16.0. The van der Waals surface area contributed by atoms with Gasteiger partial charge in [-0.3, -0.25) is 9.80 Å². The zero-order chi connectivity index (χ0) is 18.1. The van der Waals surface area contributed by atoms with Crippen LogP contribution in [-0.2, 0) is 6.54 Å². The second-order valence-corrected chi connectivity index (χ2v) is 8.34. The van der Waals surface area contributed by atoms with Crippen molar-refractivity contribution in [3.8, 4) is 11.5 Å². The summed E-state index contributed by atoms with van der Waals surface area (Å²) in [6, 6.07) is 3.88. The first-order chi connectivity index (χ1) is 12.7. The second kappa shape index (κ2) is 7.73. The van der Waals surface area contributed by atoms with Crippen LogP contribution < -0.4 is 9.47 Å². The summed E-state index contributed by atoms with van der Waals surface area (Å²) >= 11 is 0.